The first-order valence-corrected chi connectivity index (χ1v) is 10.3. The Labute approximate surface area is 165 Å². The third-order valence-corrected chi connectivity index (χ3v) is 5.77. The molecule has 3 aromatic carbocycles. The smallest absolute Gasteiger partial charge is 0.261 e. The van der Waals surface area contributed by atoms with Crippen molar-refractivity contribution in [1.29, 1.82) is 0 Å². The Morgan fingerprint density at radius 3 is 2.14 bits per heavy atom. The molecule has 1 unspecified atom stereocenters. The van der Waals surface area contributed by atoms with Crippen molar-refractivity contribution in [3.05, 3.63) is 95.6 Å². The van der Waals surface area contributed by atoms with Gasteiger partial charge in [0.25, 0.3) is 10.0 Å². The number of benzene rings is 3. The fourth-order valence-corrected chi connectivity index (χ4v) is 4.04. The zero-order valence-corrected chi connectivity index (χ0v) is 16.5. The van der Waals surface area contributed by atoms with E-state index in [-0.39, 0.29) is 10.6 Å². The van der Waals surface area contributed by atoms with Crippen LogP contribution in [-0.2, 0) is 15.6 Å². The number of anilines is 1. The van der Waals surface area contributed by atoms with E-state index in [9.17, 15) is 13.5 Å². The first-order valence-electron chi connectivity index (χ1n) is 8.77. The number of hydrogen-bond donors (Lipinski definition) is 2. The summed E-state index contributed by atoms with van der Waals surface area (Å²) in [7, 11) is -3.82. The molecule has 5 heteroatoms. The van der Waals surface area contributed by atoms with Crippen LogP contribution in [-0.4, -0.2) is 13.5 Å². The maximum atomic E-state index is 12.9. The fourth-order valence-electron chi connectivity index (χ4n) is 2.96. The number of sulfonamides is 1. The van der Waals surface area contributed by atoms with Crippen molar-refractivity contribution < 1.29 is 13.5 Å². The van der Waals surface area contributed by atoms with Gasteiger partial charge in [-0.3, -0.25) is 4.72 Å². The highest BCUT2D eigenvalue weighted by Crippen LogP contribution is 2.35. The Morgan fingerprint density at radius 2 is 1.50 bits per heavy atom. The van der Waals surface area contributed by atoms with Crippen LogP contribution in [0.4, 0.5) is 5.69 Å². The molecule has 0 saturated carbocycles. The number of aliphatic hydroxyl groups is 1. The molecule has 28 heavy (non-hydrogen) atoms. The molecule has 0 amide bonds. The molecule has 0 aromatic heterocycles. The summed E-state index contributed by atoms with van der Waals surface area (Å²) in [6, 6.07) is 22.3. The zero-order chi connectivity index (χ0) is 20.2. The van der Waals surface area contributed by atoms with Crippen LogP contribution in [0.1, 0.15) is 23.6 Å². The average Bonchev–Trinajstić information content (AvgIpc) is 2.69. The van der Waals surface area contributed by atoms with Gasteiger partial charge in [0.15, 0.2) is 5.60 Å². The summed E-state index contributed by atoms with van der Waals surface area (Å²) in [5, 5.41) is 11.4. The summed E-state index contributed by atoms with van der Waals surface area (Å²) in [5.74, 6) is 5.59. The highest BCUT2D eigenvalue weighted by atomic mass is 32.2. The van der Waals surface area contributed by atoms with Gasteiger partial charge in [0, 0.05) is 11.1 Å². The third kappa shape index (κ3) is 3.94. The number of aryl methyl sites for hydroxylation is 1. The molecule has 2 N–H and O–H groups in total. The maximum Gasteiger partial charge on any atom is 0.261 e. The van der Waals surface area contributed by atoms with Crippen molar-refractivity contribution >= 4 is 15.7 Å². The second-order valence-electron chi connectivity index (χ2n) is 6.42. The highest BCUT2D eigenvalue weighted by molar-refractivity contribution is 7.92. The molecule has 3 aromatic rings. The summed E-state index contributed by atoms with van der Waals surface area (Å²) in [6.45, 7) is 3.52. The van der Waals surface area contributed by atoms with Crippen molar-refractivity contribution in [2.75, 3.05) is 4.72 Å². The Morgan fingerprint density at radius 1 is 0.893 bits per heavy atom. The van der Waals surface area contributed by atoms with Gasteiger partial charge in [0.2, 0.25) is 0 Å². The summed E-state index contributed by atoms with van der Waals surface area (Å²) < 4.78 is 28.3. The lowest BCUT2D eigenvalue weighted by molar-refractivity contribution is 0.146. The molecule has 142 valence electrons. The van der Waals surface area contributed by atoms with Gasteiger partial charge in [0.05, 0.1) is 10.6 Å². The molecule has 0 radical (unpaired) electrons. The quantitative estimate of drug-likeness (QED) is 0.645. The lowest BCUT2D eigenvalue weighted by Crippen LogP contribution is -2.27. The molecule has 0 aliphatic rings. The van der Waals surface area contributed by atoms with Crippen LogP contribution in [0.25, 0.3) is 0 Å². The van der Waals surface area contributed by atoms with E-state index in [1.807, 2.05) is 13.0 Å². The molecular weight excluding hydrogens is 370 g/mol. The van der Waals surface area contributed by atoms with E-state index in [1.54, 1.807) is 79.7 Å². The maximum absolute atomic E-state index is 12.9. The molecule has 3 rings (SSSR count). The van der Waals surface area contributed by atoms with Gasteiger partial charge in [-0.2, -0.15) is 0 Å². The minimum atomic E-state index is -3.82. The first-order chi connectivity index (χ1) is 13.4. The Hall–Kier alpha value is -3.07. The van der Waals surface area contributed by atoms with Gasteiger partial charge >= 0.3 is 0 Å². The van der Waals surface area contributed by atoms with Gasteiger partial charge in [0.1, 0.15) is 0 Å². The summed E-state index contributed by atoms with van der Waals surface area (Å²) in [4.78, 5) is 0.151. The van der Waals surface area contributed by atoms with Crippen molar-refractivity contribution in [3.8, 4) is 11.8 Å². The van der Waals surface area contributed by atoms with Crippen molar-refractivity contribution in [1.82, 2.24) is 0 Å². The predicted octanol–water partition coefficient (Wildman–Crippen LogP) is 4.06. The van der Waals surface area contributed by atoms with Crippen molar-refractivity contribution in [2.24, 2.45) is 0 Å². The summed E-state index contributed by atoms with van der Waals surface area (Å²) >= 11 is 0. The minimum Gasteiger partial charge on any atom is -0.369 e. The molecule has 0 aliphatic heterocycles. The number of hydrogen-bond acceptors (Lipinski definition) is 3. The predicted molar refractivity (Wildman–Crippen MR) is 111 cm³/mol. The molecule has 0 saturated heterocycles. The SMILES string of the molecule is CC#CC(O)(c1ccccc1)c1ccccc1NS(=O)(=O)c1ccc(C)cc1. The van der Waals surface area contributed by atoms with E-state index in [0.29, 0.717) is 11.1 Å². The highest BCUT2D eigenvalue weighted by Gasteiger charge is 2.32. The first kappa shape index (κ1) is 19.7. The monoisotopic (exact) mass is 391 g/mol. The Bertz CT molecular complexity index is 1130. The molecule has 0 spiro atoms. The zero-order valence-electron chi connectivity index (χ0n) is 15.7. The molecular formula is C23H21NO3S. The molecule has 0 aliphatic carbocycles. The van der Waals surface area contributed by atoms with Gasteiger partial charge in [-0.05, 0) is 32.0 Å². The molecule has 1 atom stereocenters. The second-order valence-corrected chi connectivity index (χ2v) is 8.10. The van der Waals surface area contributed by atoms with Crippen LogP contribution in [0.3, 0.4) is 0 Å². The van der Waals surface area contributed by atoms with Gasteiger partial charge < -0.3 is 5.11 Å². The van der Waals surface area contributed by atoms with Gasteiger partial charge in [-0.15, -0.1) is 5.92 Å². The van der Waals surface area contributed by atoms with Crippen LogP contribution in [0.15, 0.2) is 83.8 Å². The molecule has 0 heterocycles. The second kappa shape index (κ2) is 7.89. The summed E-state index contributed by atoms with van der Waals surface area (Å²) in [6.07, 6.45) is 0. The Kier molecular flexibility index (Phi) is 5.55. The van der Waals surface area contributed by atoms with Crippen LogP contribution in [0.2, 0.25) is 0 Å². The fraction of sp³-hybridized carbons (Fsp3) is 0.130. The standard InChI is InChI=1S/C23H21NO3S/c1-3-17-23(25,19-9-5-4-6-10-19)21-11-7-8-12-22(21)24-28(26,27)20-15-13-18(2)14-16-20/h4-16,24-25H,1-2H3. The van der Waals surface area contributed by atoms with Gasteiger partial charge in [-0.1, -0.05) is 72.1 Å². The van der Waals surface area contributed by atoms with E-state index in [4.69, 9.17) is 0 Å². The topological polar surface area (TPSA) is 66.4 Å². The van der Waals surface area contributed by atoms with Crippen LogP contribution in [0.5, 0.6) is 0 Å². The normalized spacial score (nSPS) is 13.1. The lowest BCUT2D eigenvalue weighted by atomic mass is 9.86. The van der Waals surface area contributed by atoms with Crippen LogP contribution in [0, 0.1) is 18.8 Å². The van der Waals surface area contributed by atoms with E-state index in [0.717, 1.165) is 5.56 Å². The summed E-state index contributed by atoms with van der Waals surface area (Å²) in [5.41, 5.74) is 0.522. The number of rotatable bonds is 5. The van der Waals surface area contributed by atoms with E-state index in [1.165, 1.54) is 0 Å². The van der Waals surface area contributed by atoms with Crippen LogP contribution < -0.4 is 4.72 Å². The van der Waals surface area contributed by atoms with Crippen molar-refractivity contribution in [2.45, 2.75) is 24.3 Å². The van der Waals surface area contributed by atoms with E-state index >= 15 is 0 Å². The Balaban J connectivity index is 2.10. The minimum absolute atomic E-state index is 0.151. The molecule has 4 nitrogen and oxygen atoms in total. The van der Waals surface area contributed by atoms with E-state index in [2.05, 4.69) is 16.6 Å². The number of nitrogens with one attached hydrogen (secondary N) is 1. The lowest BCUT2D eigenvalue weighted by Gasteiger charge is -2.26. The third-order valence-electron chi connectivity index (χ3n) is 4.39. The number of para-hydroxylation sites is 1. The van der Waals surface area contributed by atoms with Gasteiger partial charge in [-0.25, -0.2) is 8.42 Å². The van der Waals surface area contributed by atoms with Crippen LogP contribution >= 0.6 is 0 Å². The largest absolute Gasteiger partial charge is 0.369 e. The molecule has 0 bridgehead atoms. The molecule has 0 fully saturated rings. The van der Waals surface area contributed by atoms with Crippen molar-refractivity contribution in [3.63, 3.8) is 0 Å². The van der Waals surface area contributed by atoms with E-state index < -0.39 is 15.6 Å². The average molecular weight is 391 g/mol.